The molecule has 1 heterocycles. The summed E-state index contributed by atoms with van der Waals surface area (Å²) in [5.41, 5.74) is 8.71. The molecule has 0 saturated carbocycles. The molecular weight excluding hydrogens is 298 g/mol. The van der Waals surface area contributed by atoms with Gasteiger partial charge in [-0.3, -0.25) is 9.69 Å². The van der Waals surface area contributed by atoms with Gasteiger partial charge in [0.25, 0.3) is 0 Å². The summed E-state index contributed by atoms with van der Waals surface area (Å²) in [5, 5.41) is 2.94. The molecular formula is C17H28ClN3O. The zero-order valence-electron chi connectivity index (χ0n) is 13.4. The van der Waals surface area contributed by atoms with E-state index in [1.807, 2.05) is 6.92 Å². The summed E-state index contributed by atoms with van der Waals surface area (Å²) >= 11 is 0. The van der Waals surface area contributed by atoms with E-state index in [0.717, 1.165) is 45.3 Å². The predicted molar refractivity (Wildman–Crippen MR) is 93.2 cm³/mol. The van der Waals surface area contributed by atoms with Crippen LogP contribution in [0.15, 0.2) is 24.3 Å². The van der Waals surface area contributed by atoms with E-state index >= 15 is 0 Å². The van der Waals surface area contributed by atoms with Crippen LogP contribution in [0.4, 0.5) is 0 Å². The lowest BCUT2D eigenvalue weighted by molar-refractivity contribution is -0.122. The zero-order chi connectivity index (χ0) is 15.1. The van der Waals surface area contributed by atoms with E-state index in [1.165, 1.54) is 11.1 Å². The summed E-state index contributed by atoms with van der Waals surface area (Å²) in [5.74, 6) is -0.0131. The van der Waals surface area contributed by atoms with E-state index < -0.39 is 0 Å². The van der Waals surface area contributed by atoms with Crippen LogP contribution in [0.2, 0.25) is 0 Å². The average molecular weight is 326 g/mol. The Kier molecular flexibility index (Phi) is 8.46. The van der Waals surface area contributed by atoms with Gasteiger partial charge in [-0.25, -0.2) is 0 Å². The van der Waals surface area contributed by atoms with Crippen molar-refractivity contribution >= 4 is 18.3 Å². The van der Waals surface area contributed by atoms with Gasteiger partial charge in [-0.1, -0.05) is 37.6 Å². The summed E-state index contributed by atoms with van der Waals surface area (Å²) in [7, 11) is 0. The summed E-state index contributed by atoms with van der Waals surface area (Å²) in [4.78, 5) is 14.2. The number of carbonyl (C=O) groups excluding carboxylic acids is 1. The lowest BCUT2D eigenvalue weighted by Crippen LogP contribution is -2.41. The molecule has 0 saturated heterocycles. The van der Waals surface area contributed by atoms with Crippen molar-refractivity contribution in [2.45, 2.75) is 45.2 Å². The van der Waals surface area contributed by atoms with Gasteiger partial charge in [-0.05, 0) is 30.4 Å². The molecule has 5 heteroatoms. The molecule has 1 aromatic rings. The standard InChI is InChI=1S/C17H27N3O.ClH/c1-2-6-16(18)17(21)19-10-5-11-20-12-9-14-7-3-4-8-15(14)13-20;/h3-4,7-8,16H,2,5-6,9-13,18H2,1H3,(H,19,21);1H. The molecule has 1 aromatic carbocycles. The first-order chi connectivity index (χ1) is 10.2. The lowest BCUT2D eigenvalue weighted by Gasteiger charge is -2.28. The number of carbonyl (C=O) groups is 1. The highest BCUT2D eigenvalue weighted by Gasteiger charge is 2.15. The normalized spacial score (nSPS) is 15.5. The molecule has 2 rings (SSSR count). The molecule has 0 spiro atoms. The number of amides is 1. The van der Waals surface area contributed by atoms with E-state index in [9.17, 15) is 4.79 Å². The fraction of sp³-hybridized carbons (Fsp3) is 0.588. The number of hydrogen-bond acceptors (Lipinski definition) is 3. The highest BCUT2D eigenvalue weighted by molar-refractivity contribution is 5.85. The van der Waals surface area contributed by atoms with Gasteiger partial charge in [0.1, 0.15) is 0 Å². The molecule has 22 heavy (non-hydrogen) atoms. The first-order valence-electron chi connectivity index (χ1n) is 8.03. The molecule has 4 nitrogen and oxygen atoms in total. The maximum Gasteiger partial charge on any atom is 0.236 e. The Morgan fingerprint density at radius 3 is 2.82 bits per heavy atom. The van der Waals surface area contributed by atoms with Crippen LogP contribution in [0, 0.1) is 0 Å². The van der Waals surface area contributed by atoms with E-state index in [4.69, 9.17) is 5.73 Å². The van der Waals surface area contributed by atoms with Gasteiger partial charge >= 0.3 is 0 Å². The zero-order valence-corrected chi connectivity index (χ0v) is 14.2. The van der Waals surface area contributed by atoms with Gasteiger partial charge in [-0.15, -0.1) is 12.4 Å². The van der Waals surface area contributed by atoms with Gasteiger partial charge in [0, 0.05) is 26.2 Å². The first kappa shape index (κ1) is 18.9. The van der Waals surface area contributed by atoms with Crippen LogP contribution < -0.4 is 11.1 Å². The Bertz CT molecular complexity index is 467. The van der Waals surface area contributed by atoms with Gasteiger partial charge in [-0.2, -0.15) is 0 Å². The van der Waals surface area contributed by atoms with Crippen molar-refractivity contribution in [2.24, 2.45) is 5.73 Å². The van der Waals surface area contributed by atoms with Crippen molar-refractivity contribution in [3.63, 3.8) is 0 Å². The Hall–Kier alpha value is -1.10. The molecule has 1 amide bonds. The fourth-order valence-electron chi connectivity index (χ4n) is 2.83. The molecule has 1 aliphatic rings. The number of nitrogens with zero attached hydrogens (tertiary/aromatic N) is 1. The molecule has 0 bridgehead atoms. The largest absolute Gasteiger partial charge is 0.355 e. The molecule has 1 atom stereocenters. The minimum atomic E-state index is -0.350. The van der Waals surface area contributed by atoms with Gasteiger partial charge in [0.2, 0.25) is 5.91 Å². The third kappa shape index (κ3) is 5.59. The average Bonchev–Trinajstić information content (AvgIpc) is 2.51. The first-order valence-corrected chi connectivity index (χ1v) is 8.03. The summed E-state index contributed by atoms with van der Waals surface area (Å²) in [6.07, 6.45) is 3.81. The second-order valence-electron chi connectivity index (χ2n) is 5.83. The van der Waals surface area contributed by atoms with Gasteiger partial charge < -0.3 is 11.1 Å². The number of nitrogens with two attached hydrogens (primary N) is 1. The van der Waals surface area contributed by atoms with Gasteiger partial charge in [0.05, 0.1) is 6.04 Å². The third-order valence-corrected chi connectivity index (χ3v) is 4.10. The van der Waals surface area contributed by atoms with Crippen molar-refractivity contribution in [3.8, 4) is 0 Å². The minimum Gasteiger partial charge on any atom is -0.355 e. The minimum absolute atomic E-state index is 0. The van der Waals surface area contributed by atoms with Crippen molar-refractivity contribution in [1.29, 1.82) is 0 Å². The quantitative estimate of drug-likeness (QED) is 0.755. The molecule has 124 valence electrons. The number of rotatable bonds is 7. The van der Waals surface area contributed by atoms with E-state index in [0.29, 0.717) is 6.54 Å². The predicted octanol–water partition coefficient (Wildman–Crippen LogP) is 2.10. The number of halogens is 1. The fourth-order valence-corrected chi connectivity index (χ4v) is 2.83. The van der Waals surface area contributed by atoms with E-state index in [2.05, 4.69) is 34.5 Å². The number of nitrogens with one attached hydrogen (secondary N) is 1. The summed E-state index contributed by atoms with van der Waals surface area (Å²) < 4.78 is 0. The van der Waals surface area contributed by atoms with E-state index in [1.54, 1.807) is 0 Å². The Balaban J connectivity index is 0.00000242. The van der Waals surface area contributed by atoms with Crippen LogP contribution in [-0.4, -0.2) is 36.5 Å². The third-order valence-electron chi connectivity index (χ3n) is 4.10. The monoisotopic (exact) mass is 325 g/mol. The molecule has 0 radical (unpaired) electrons. The molecule has 3 N–H and O–H groups in total. The number of fused-ring (bicyclic) bond motifs is 1. The summed E-state index contributed by atoms with van der Waals surface area (Å²) in [6, 6.07) is 8.31. The smallest absolute Gasteiger partial charge is 0.236 e. The molecule has 1 aliphatic heterocycles. The van der Waals surface area contributed by atoms with Crippen molar-refractivity contribution in [2.75, 3.05) is 19.6 Å². The molecule has 1 unspecified atom stereocenters. The highest BCUT2D eigenvalue weighted by atomic mass is 35.5. The Morgan fingerprint density at radius 1 is 1.36 bits per heavy atom. The Morgan fingerprint density at radius 2 is 2.09 bits per heavy atom. The highest BCUT2D eigenvalue weighted by Crippen LogP contribution is 2.18. The van der Waals surface area contributed by atoms with Crippen LogP contribution in [0.5, 0.6) is 0 Å². The van der Waals surface area contributed by atoms with Crippen LogP contribution in [0.25, 0.3) is 0 Å². The maximum absolute atomic E-state index is 11.7. The number of hydrogen-bond donors (Lipinski definition) is 2. The maximum atomic E-state index is 11.7. The van der Waals surface area contributed by atoms with Crippen molar-refractivity contribution in [3.05, 3.63) is 35.4 Å². The van der Waals surface area contributed by atoms with Gasteiger partial charge in [0.15, 0.2) is 0 Å². The van der Waals surface area contributed by atoms with Crippen LogP contribution >= 0.6 is 12.4 Å². The SMILES string of the molecule is CCCC(N)C(=O)NCCCN1CCc2ccccc2C1.Cl. The lowest BCUT2D eigenvalue weighted by atomic mass is 10.00. The van der Waals surface area contributed by atoms with Crippen LogP contribution in [0.1, 0.15) is 37.3 Å². The second-order valence-corrected chi connectivity index (χ2v) is 5.83. The van der Waals surface area contributed by atoms with Crippen LogP contribution in [0.3, 0.4) is 0 Å². The second kappa shape index (κ2) is 9.82. The molecule has 0 aliphatic carbocycles. The van der Waals surface area contributed by atoms with Crippen molar-refractivity contribution < 1.29 is 4.79 Å². The van der Waals surface area contributed by atoms with Crippen LogP contribution in [-0.2, 0) is 17.8 Å². The Labute approximate surface area is 139 Å². The topological polar surface area (TPSA) is 58.4 Å². The van der Waals surface area contributed by atoms with E-state index in [-0.39, 0.29) is 24.4 Å². The molecule has 0 fully saturated rings. The summed E-state index contributed by atoms with van der Waals surface area (Å²) in [6.45, 7) is 5.92. The van der Waals surface area contributed by atoms with Crippen molar-refractivity contribution in [1.82, 2.24) is 10.2 Å². The number of benzene rings is 1. The molecule has 0 aromatic heterocycles.